The fourth-order valence-electron chi connectivity index (χ4n) is 4.11. The smallest absolute Gasteiger partial charge is 0.426 e. The predicted octanol–water partition coefficient (Wildman–Crippen LogP) is 9.82. The molecule has 0 saturated heterocycles. The fraction of sp³-hybridized carbons (Fsp3) is 0.172. The molecule has 11 heteroatoms. The first-order chi connectivity index (χ1) is 18.7. The Bertz CT molecular complexity index is 1520. The SMILES string of the molecule is CCCc1ccc(-c2ccc(OC(F)(F)c3ccc(-c4cc(F)c(C(F)(F)F)c(F)c4)c(F)c3)cc2)c(F)c1F. The molecule has 4 rings (SSSR count). The highest BCUT2D eigenvalue weighted by atomic mass is 19.4. The molecule has 0 saturated carbocycles. The molecule has 40 heavy (non-hydrogen) atoms. The number of hydrogen-bond donors (Lipinski definition) is 0. The lowest BCUT2D eigenvalue weighted by molar-refractivity contribution is -0.185. The summed E-state index contributed by atoms with van der Waals surface area (Å²) in [5.74, 6) is -7.90. The molecule has 0 atom stereocenters. The Morgan fingerprint density at radius 3 is 1.77 bits per heavy atom. The standard InChI is InChI=1S/C29H18F10O/c1-2-3-16-6-10-21(27(34)26(16)33)15-4-8-19(9-5-15)40-29(38,39)18-7-11-20(22(30)14-18)17-12-23(31)25(24(32)13-17)28(35,36)37/h4-14H,2-3H2,1H3. The molecule has 4 aromatic rings. The highest BCUT2D eigenvalue weighted by molar-refractivity contribution is 5.66. The quantitative estimate of drug-likeness (QED) is 0.200. The summed E-state index contributed by atoms with van der Waals surface area (Å²) < 4.78 is 144. The third-order valence-corrected chi connectivity index (χ3v) is 6.03. The van der Waals surface area contributed by atoms with Crippen LogP contribution in [0.15, 0.2) is 66.7 Å². The van der Waals surface area contributed by atoms with Gasteiger partial charge in [0.15, 0.2) is 11.6 Å². The van der Waals surface area contributed by atoms with Gasteiger partial charge in [-0.15, -0.1) is 0 Å². The van der Waals surface area contributed by atoms with Gasteiger partial charge < -0.3 is 4.74 Å². The Morgan fingerprint density at radius 2 is 1.23 bits per heavy atom. The lowest BCUT2D eigenvalue weighted by atomic mass is 10.00. The minimum Gasteiger partial charge on any atom is -0.429 e. The minimum atomic E-state index is -5.34. The zero-order chi connectivity index (χ0) is 29.4. The van der Waals surface area contributed by atoms with Gasteiger partial charge >= 0.3 is 12.3 Å². The molecule has 4 aromatic carbocycles. The molecule has 0 amide bonds. The van der Waals surface area contributed by atoms with Gasteiger partial charge in [0, 0.05) is 11.1 Å². The molecule has 210 valence electrons. The van der Waals surface area contributed by atoms with Crippen molar-refractivity contribution < 1.29 is 48.6 Å². The van der Waals surface area contributed by atoms with Crippen LogP contribution in [0.1, 0.15) is 30.0 Å². The second-order valence-electron chi connectivity index (χ2n) is 8.80. The largest absolute Gasteiger partial charge is 0.429 e. The van der Waals surface area contributed by atoms with Gasteiger partial charge in [0.1, 0.15) is 28.8 Å². The molecule has 0 N–H and O–H groups in total. The fourth-order valence-corrected chi connectivity index (χ4v) is 4.11. The zero-order valence-corrected chi connectivity index (χ0v) is 20.5. The Balaban J connectivity index is 1.56. The maximum absolute atomic E-state index is 14.8. The van der Waals surface area contributed by atoms with Gasteiger partial charge in [0.2, 0.25) is 0 Å². The number of benzene rings is 4. The van der Waals surface area contributed by atoms with Crippen molar-refractivity contribution in [2.75, 3.05) is 0 Å². The molecule has 0 unspecified atom stereocenters. The molecule has 0 aromatic heterocycles. The van der Waals surface area contributed by atoms with E-state index in [1.54, 1.807) is 0 Å². The highest BCUT2D eigenvalue weighted by Crippen LogP contribution is 2.38. The van der Waals surface area contributed by atoms with Crippen LogP contribution in [0.3, 0.4) is 0 Å². The monoisotopic (exact) mass is 572 g/mol. The van der Waals surface area contributed by atoms with E-state index in [2.05, 4.69) is 4.74 Å². The van der Waals surface area contributed by atoms with E-state index in [0.29, 0.717) is 31.0 Å². The van der Waals surface area contributed by atoms with Crippen LogP contribution in [-0.2, 0) is 18.7 Å². The summed E-state index contributed by atoms with van der Waals surface area (Å²) in [7, 11) is 0. The van der Waals surface area contributed by atoms with Gasteiger partial charge in [-0.1, -0.05) is 43.7 Å². The normalized spacial score (nSPS) is 12.1. The van der Waals surface area contributed by atoms with E-state index in [4.69, 9.17) is 0 Å². The Morgan fingerprint density at radius 1 is 0.625 bits per heavy atom. The van der Waals surface area contributed by atoms with Crippen LogP contribution in [0.2, 0.25) is 0 Å². The van der Waals surface area contributed by atoms with Crippen LogP contribution in [0.5, 0.6) is 5.75 Å². The lowest BCUT2D eigenvalue weighted by Gasteiger charge is -2.19. The van der Waals surface area contributed by atoms with Gasteiger partial charge in [0.05, 0.1) is 5.56 Å². The van der Waals surface area contributed by atoms with Crippen molar-refractivity contribution in [2.24, 2.45) is 0 Å². The van der Waals surface area contributed by atoms with E-state index in [0.717, 1.165) is 12.1 Å². The van der Waals surface area contributed by atoms with Crippen LogP contribution in [-0.4, -0.2) is 0 Å². The van der Waals surface area contributed by atoms with Crippen LogP contribution in [0.4, 0.5) is 43.9 Å². The number of hydrogen-bond acceptors (Lipinski definition) is 1. The first-order valence-electron chi connectivity index (χ1n) is 11.7. The molecule has 0 spiro atoms. The number of halogens is 10. The Kier molecular flexibility index (Phi) is 7.87. The first-order valence-corrected chi connectivity index (χ1v) is 11.7. The maximum atomic E-state index is 14.8. The third-order valence-electron chi connectivity index (χ3n) is 6.03. The van der Waals surface area contributed by atoms with Crippen molar-refractivity contribution in [1.82, 2.24) is 0 Å². The van der Waals surface area contributed by atoms with Gasteiger partial charge in [-0.05, 0) is 59.5 Å². The average Bonchev–Trinajstić information content (AvgIpc) is 2.86. The summed E-state index contributed by atoms with van der Waals surface area (Å²) in [6, 6.07) is 9.57. The summed E-state index contributed by atoms with van der Waals surface area (Å²) in [6.45, 7) is 1.81. The van der Waals surface area contributed by atoms with E-state index in [1.807, 2.05) is 6.92 Å². The highest BCUT2D eigenvalue weighted by Gasteiger charge is 2.39. The molecule has 0 fully saturated rings. The molecule has 0 heterocycles. The topological polar surface area (TPSA) is 9.23 Å². The van der Waals surface area contributed by atoms with Crippen molar-refractivity contribution in [3.8, 4) is 28.0 Å². The van der Waals surface area contributed by atoms with Crippen LogP contribution in [0.25, 0.3) is 22.3 Å². The van der Waals surface area contributed by atoms with Gasteiger partial charge in [-0.3, -0.25) is 0 Å². The molecule has 0 aliphatic rings. The average molecular weight is 572 g/mol. The second-order valence-corrected chi connectivity index (χ2v) is 8.80. The summed E-state index contributed by atoms with van der Waals surface area (Å²) in [5, 5.41) is 0. The number of aryl methyl sites for hydroxylation is 1. The van der Waals surface area contributed by atoms with Gasteiger partial charge in [-0.2, -0.15) is 22.0 Å². The molecular weight excluding hydrogens is 554 g/mol. The molecule has 0 bridgehead atoms. The number of alkyl halides is 5. The van der Waals surface area contributed by atoms with E-state index >= 15 is 0 Å². The summed E-state index contributed by atoms with van der Waals surface area (Å²) in [6.07, 6.45) is -8.52. The van der Waals surface area contributed by atoms with E-state index in [-0.39, 0.29) is 28.8 Å². The molecule has 0 aliphatic carbocycles. The predicted molar refractivity (Wildman–Crippen MR) is 127 cm³/mol. The minimum absolute atomic E-state index is 0.0931. The summed E-state index contributed by atoms with van der Waals surface area (Å²) >= 11 is 0. The Labute approximate surface area is 221 Å². The Hall–Kier alpha value is -4.02. The van der Waals surface area contributed by atoms with Crippen molar-refractivity contribution >= 4 is 0 Å². The van der Waals surface area contributed by atoms with Gasteiger partial charge in [0.25, 0.3) is 0 Å². The van der Waals surface area contributed by atoms with Crippen LogP contribution < -0.4 is 4.74 Å². The zero-order valence-electron chi connectivity index (χ0n) is 20.5. The number of rotatable bonds is 7. The van der Waals surface area contributed by atoms with E-state index in [1.165, 1.54) is 24.3 Å². The maximum Gasteiger partial charge on any atom is 0.426 e. The molecule has 0 radical (unpaired) electrons. The summed E-state index contributed by atoms with van der Waals surface area (Å²) in [5.41, 5.74) is -4.15. The molecular formula is C29H18F10O. The second kappa shape index (κ2) is 10.9. The van der Waals surface area contributed by atoms with Crippen molar-refractivity contribution in [3.05, 3.63) is 113 Å². The van der Waals surface area contributed by atoms with Gasteiger partial charge in [-0.25, -0.2) is 22.0 Å². The van der Waals surface area contributed by atoms with E-state index in [9.17, 15) is 43.9 Å². The van der Waals surface area contributed by atoms with Crippen molar-refractivity contribution in [2.45, 2.75) is 32.1 Å². The van der Waals surface area contributed by atoms with Crippen LogP contribution in [0, 0.1) is 29.1 Å². The molecule has 0 aliphatic heterocycles. The summed E-state index contributed by atoms with van der Waals surface area (Å²) in [4.78, 5) is 0. The first kappa shape index (κ1) is 29.0. The van der Waals surface area contributed by atoms with Crippen molar-refractivity contribution in [1.29, 1.82) is 0 Å². The lowest BCUT2D eigenvalue weighted by Crippen LogP contribution is -2.22. The number of ether oxygens (including phenoxy) is 1. The molecule has 1 nitrogen and oxygen atoms in total. The van der Waals surface area contributed by atoms with Crippen LogP contribution >= 0.6 is 0 Å². The third kappa shape index (κ3) is 5.78. The van der Waals surface area contributed by atoms with E-state index < -0.39 is 69.4 Å². The van der Waals surface area contributed by atoms with Crippen molar-refractivity contribution in [3.63, 3.8) is 0 Å².